The summed E-state index contributed by atoms with van der Waals surface area (Å²) in [6.07, 6.45) is 0.912. The number of carboxylic acid groups (broad SMARTS) is 1. The minimum absolute atomic E-state index is 0.100. The Morgan fingerprint density at radius 3 is 2.65 bits per heavy atom. The van der Waals surface area contributed by atoms with Gasteiger partial charge in [-0.3, -0.25) is 4.79 Å². The number of aliphatic carboxylic acids is 1. The topological polar surface area (TPSA) is 72.9 Å². The molecule has 6 nitrogen and oxygen atoms in total. The fourth-order valence-corrected chi connectivity index (χ4v) is 2.00. The number of carbonyl (C=O) groups excluding carboxylic acids is 1. The summed E-state index contributed by atoms with van der Waals surface area (Å²) in [5, 5.41) is 11.2. The molecule has 0 radical (unpaired) electrons. The highest BCUT2D eigenvalue weighted by molar-refractivity contribution is 5.82. The van der Waals surface area contributed by atoms with Crippen molar-refractivity contribution in [3.8, 4) is 0 Å². The summed E-state index contributed by atoms with van der Waals surface area (Å²) >= 11 is 0. The van der Waals surface area contributed by atoms with Crippen LogP contribution in [0.3, 0.4) is 0 Å². The molecule has 0 aromatic heterocycles. The van der Waals surface area contributed by atoms with Crippen LogP contribution in [0.4, 0.5) is 4.79 Å². The van der Waals surface area contributed by atoms with Crippen LogP contribution in [0.5, 0.6) is 0 Å². The van der Waals surface area contributed by atoms with Crippen LogP contribution in [-0.2, 0) is 4.79 Å². The quantitative estimate of drug-likeness (QED) is 0.726. The zero-order valence-electron chi connectivity index (χ0n) is 10.6. The smallest absolute Gasteiger partial charge is 0.325 e. The van der Waals surface area contributed by atoms with Crippen LogP contribution in [0.25, 0.3) is 0 Å². The number of rotatable bonds is 2. The van der Waals surface area contributed by atoms with E-state index in [-0.39, 0.29) is 12.1 Å². The molecule has 17 heavy (non-hydrogen) atoms. The standard InChI is InChI=1S/C11H21N3O3/c1-8-7-13(3)5-4-6-14(8)11(17)12-9(2)10(15)16/h8-9H,4-7H2,1-3H3,(H,12,17)(H,15,16)/t8?,9-/m1/s1. The van der Waals surface area contributed by atoms with Crippen LogP contribution in [0.1, 0.15) is 20.3 Å². The second-order valence-electron chi connectivity index (χ2n) is 4.67. The maximum absolute atomic E-state index is 11.9. The van der Waals surface area contributed by atoms with Crippen LogP contribution in [0.15, 0.2) is 0 Å². The Morgan fingerprint density at radius 1 is 1.41 bits per heavy atom. The zero-order valence-corrected chi connectivity index (χ0v) is 10.6. The highest BCUT2D eigenvalue weighted by Crippen LogP contribution is 2.08. The number of carboxylic acids is 1. The number of likely N-dealkylation sites (N-methyl/N-ethyl adjacent to an activating group) is 1. The first kappa shape index (κ1) is 13.8. The van der Waals surface area contributed by atoms with Crippen LogP contribution in [0, 0.1) is 0 Å². The van der Waals surface area contributed by atoms with Crippen molar-refractivity contribution in [3.63, 3.8) is 0 Å². The van der Waals surface area contributed by atoms with Crippen molar-refractivity contribution in [1.82, 2.24) is 15.1 Å². The monoisotopic (exact) mass is 243 g/mol. The van der Waals surface area contributed by atoms with E-state index in [2.05, 4.69) is 10.2 Å². The van der Waals surface area contributed by atoms with Gasteiger partial charge >= 0.3 is 12.0 Å². The van der Waals surface area contributed by atoms with Crippen molar-refractivity contribution in [2.24, 2.45) is 0 Å². The van der Waals surface area contributed by atoms with Gasteiger partial charge < -0.3 is 20.2 Å². The number of hydrogen-bond acceptors (Lipinski definition) is 3. The molecule has 2 amide bonds. The third-order valence-corrected chi connectivity index (χ3v) is 3.02. The molecule has 0 aromatic carbocycles. The highest BCUT2D eigenvalue weighted by atomic mass is 16.4. The van der Waals surface area contributed by atoms with Gasteiger partial charge in [0.2, 0.25) is 0 Å². The fourth-order valence-electron chi connectivity index (χ4n) is 2.00. The summed E-state index contributed by atoms with van der Waals surface area (Å²) in [5.74, 6) is -1.02. The summed E-state index contributed by atoms with van der Waals surface area (Å²) in [5.41, 5.74) is 0. The van der Waals surface area contributed by atoms with Crippen LogP contribution in [-0.4, -0.2) is 65.7 Å². The molecule has 1 unspecified atom stereocenters. The van der Waals surface area contributed by atoms with E-state index in [0.717, 1.165) is 19.5 Å². The molecule has 1 aliphatic rings. The molecule has 0 saturated carbocycles. The van der Waals surface area contributed by atoms with E-state index in [0.29, 0.717) is 6.54 Å². The molecule has 1 fully saturated rings. The normalized spacial score (nSPS) is 23.9. The van der Waals surface area contributed by atoms with E-state index < -0.39 is 12.0 Å². The molecule has 0 aromatic rings. The first-order valence-electron chi connectivity index (χ1n) is 5.90. The van der Waals surface area contributed by atoms with E-state index in [4.69, 9.17) is 5.11 Å². The minimum Gasteiger partial charge on any atom is -0.480 e. The minimum atomic E-state index is -1.02. The average molecular weight is 243 g/mol. The van der Waals surface area contributed by atoms with Crippen molar-refractivity contribution in [1.29, 1.82) is 0 Å². The van der Waals surface area contributed by atoms with Gasteiger partial charge in [0.25, 0.3) is 0 Å². The Balaban J connectivity index is 2.58. The summed E-state index contributed by atoms with van der Waals surface area (Å²) in [6.45, 7) is 5.89. The second kappa shape index (κ2) is 5.86. The zero-order chi connectivity index (χ0) is 13.0. The van der Waals surface area contributed by atoms with E-state index in [1.807, 2.05) is 14.0 Å². The van der Waals surface area contributed by atoms with Crippen LogP contribution in [0.2, 0.25) is 0 Å². The maximum Gasteiger partial charge on any atom is 0.325 e. The molecular formula is C11H21N3O3. The van der Waals surface area contributed by atoms with Gasteiger partial charge in [-0.15, -0.1) is 0 Å². The number of urea groups is 1. The molecule has 6 heteroatoms. The van der Waals surface area contributed by atoms with Gasteiger partial charge in [0.05, 0.1) is 0 Å². The SMILES string of the molecule is CC1CN(C)CCCN1C(=O)N[C@H](C)C(=O)O. The highest BCUT2D eigenvalue weighted by Gasteiger charge is 2.25. The van der Waals surface area contributed by atoms with E-state index in [1.165, 1.54) is 6.92 Å². The molecule has 2 atom stereocenters. The molecule has 2 N–H and O–H groups in total. The lowest BCUT2D eigenvalue weighted by Gasteiger charge is -2.28. The Labute approximate surface area is 102 Å². The van der Waals surface area contributed by atoms with Crippen molar-refractivity contribution in [3.05, 3.63) is 0 Å². The largest absolute Gasteiger partial charge is 0.480 e. The number of nitrogens with one attached hydrogen (secondary N) is 1. The Morgan fingerprint density at radius 2 is 2.06 bits per heavy atom. The maximum atomic E-state index is 11.9. The molecule has 1 saturated heterocycles. The lowest BCUT2D eigenvalue weighted by molar-refractivity contribution is -0.138. The Bertz CT molecular complexity index is 296. The number of amides is 2. The Kier molecular flexibility index (Phi) is 4.74. The number of nitrogens with zero attached hydrogens (tertiary/aromatic N) is 2. The van der Waals surface area contributed by atoms with E-state index in [9.17, 15) is 9.59 Å². The predicted octanol–water partition coefficient (Wildman–Crippen LogP) is 0.195. The van der Waals surface area contributed by atoms with Gasteiger partial charge in [-0.2, -0.15) is 0 Å². The molecule has 0 aliphatic carbocycles. The van der Waals surface area contributed by atoms with E-state index in [1.54, 1.807) is 4.90 Å². The molecule has 1 rings (SSSR count). The van der Waals surface area contributed by atoms with Gasteiger partial charge in [0, 0.05) is 19.1 Å². The third-order valence-electron chi connectivity index (χ3n) is 3.02. The van der Waals surface area contributed by atoms with Crippen molar-refractivity contribution >= 4 is 12.0 Å². The summed E-state index contributed by atoms with van der Waals surface area (Å²) in [6, 6.07) is -1.04. The van der Waals surface area contributed by atoms with Crippen molar-refractivity contribution in [2.75, 3.05) is 26.7 Å². The molecule has 1 aliphatic heterocycles. The first-order chi connectivity index (χ1) is 7.91. The van der Waals surface area contributed by atoms with Gasteiger partial charge in [-0.05, 0) is 33.9 Å². The molecular weight excluding hydrogens is 222 g/mol. The third kappa shape index (κ3) is 3.89. The number of carbonyl (C=O) groups is 2. The number of hydrogen-bond donors (Lipinski definition) is 2. The second-order valence-corrected chi connectivity index (χ2v) is 4.67. The van der Waals surface area contributed by atoms with Crippen LogP contribution >= 0.6 is 0 Å². The van der Waals surface area contributed by atoms with Gasteiger partial charge in [-0.25, -0.2) is 4.79 Å². The van der Waals surface area contributed by atoms with Gasteiger partial charge in [0.15, 0.2) is 0 Å². The predicted molar refractivity (Wildman–Crippen MR) is 63.9 cm³/mol. The average Bonchev–Trinajstić information content (AvgIpc) is 2.38. The summed E-state index contributed by atoms with van der Waals surface area (Å²) in [7, 11) is 2.03. The fraction of sp³-hybridized carbons (Fsp3) is 0.818. The molecule has 1 heterocycles. The van der Waals surface area contributed by atoms with Gasteiger partial charge in [-0.1, -0.05) is 0 Å². The van der Waals surface area contributed by atoms with Crippen molar-refractivity contribution in [2.45, 2.75) is 32.4 Å². The van der Waals surface area contributed by atoms with E-state index >= 15 is 0 Å². The first-order valence-corrected chi connectivity index (χ1v) is 5.90. The lowest BCUT2D eigenvalue weighted by atomic mass is 10.3. The van der Waals surface area contributed by atoms with Crippen molar-refractivity contribution < 1.29 is 14.7 Å². The summed E-state index contributed by atoms with van der Waals surface area (Å²) in [4.78, 5) is 26.5. The molecule has 98 valence electrons. The van der Waals surface area contributed by atoms with Gasteiger partial charge in [0.1, 0.15) is 6.04 Å². The molecule has 0 spiro atoms. The molecule has 0 bridgehead atoms. The summed E-state index contributed by atoms with van der Waals surface area (Å²) < 4.78 is 0. The Hall–Kier alpha value is -1.30. The van der Waals surface area contributed by atoms with Crippen LogP contribution < -0.4 is 5.32 Å². The lowest BCUT2D eigenvalue weighted by Crippen LogP contribution is -2.51.